The molecule has 1 aromatic carbocycles. The zero-order chi connectivity index (χ0) is 21.8. The van der Waals surface area contributed by atoms with Crippen LogP contribution >= 0.6 is 11.8 Å². The fraction of sp³-hybridized carbons (Fsp3) is 0.0952. The fourth-order valence-electron chi connectivity index (χ4n) is 2.92. The molecule has 1 unspecified atom stereocenters. The lowest BCUT2D eigenvalue weighted by Gasteiger charge is -2.13. The van der Waals surface area contributed by atoms with Crippen LogP contribution in [0.2, 0.25) is 0 Å². The van der Waals surface area contributed by atoms with Crippen molar-refractivity contribution in [3.63, 3.8) is 0 Å². The maximum absolute atomic E-state index is 12.0. The predicted molar refractivity (Wildman–Crippen MR) is 110 cm³/mol. The van der Waals surface area contributed by atoms with E-state index >= 15 is 0 Å². The van der Waals surface area contributed by atoms with Gasteiger partial charge in [-0.15, -0.1) is 0 Å². The average Bonchev–Trinajstić information content (AvgIpc) is 3.11. The fourth-order valence-corrected chi connectivity index (χ4v) is 3.86. The second kappa shape index (κ2) is 8.84. The van der Waals surface area contributed by atoms with Crippen molar-refractivity contribution in [3.8, 4) is 5.75 Å². The Morgan fingerprint density at radius 2 is 1.90 bits per heavy atom. The molecule has 1 fully saturated rings. The van der Waals surface area contributed by atoms with Gasteiger partial charge in [0.2, 0.25) is 0 Å². The Hall–Kier alpha value is -3.92. The zero-order valence-corrected chi connectivity index (χ0v) is 16.8. The van der Waals surface area contributed by atoms with Gasteiger partial charge in [-0.3, -0.25) is 20.1 Å². The number of amides is 3. The number of pyridine rings is 2. The highest BCUT2D eigenvalue weighted by atomic mass is 32.2. The molecule has 156 valence electrons. The molecule has 2 aromatic heterocycles. The Morgan fingerprint density at radius 3 is 2.61 bits per heavy atom. The minimum absolute atomic E-state index is 0.105. The lowest BCUT2D eigenvalue weighted by Crippen LogP contribution is -2.22. The van der Waals surface area contributed by atoms with Crippen molar-refractivity contribution >= 4 is 29.7 Å². The number of carbonyl (C=O) groups excluding carboxylic acids is 2. The summed E-state index contributed by atoms with van der Waals surface area (Å²) in [7, 11) is 0. The number of urea groups is 1. The van der Waals surface area contributed by atoms with E-state index in [1.807, 2.05) is 12.1 Å². The number of rotatable bonds is 7. The van der Waals surface area contributed by atoms with Gasteiger partial charge in [-0.25, -0.2) is 9.59 Å². The van der Waals surface area contributed by atoms with Gasteiger partial charge in [-0.05, 0) is 36.4 Å². The molecule has 1 saturated heterocycles. The van der Waals surface area contributed by atoms with Crippen molar-refractivity contribution in [2.45, 2.75) is 22.4 Å². The molecular weight excluding hydrogens is 420 g/mol. The van der Waals surface area contributed by atoms with Crippen LogP contribution in [0.1, 0.15) is 27.5 Å². The number of imide groups is 1. The maximum Gasteiger partial charge on any atom is 0.337 e. The molecule has 1 aliphatic rings. The summed E-state index contributed by atoms with van der Waals surface area (Å²) in [5.74, 6) is -0.839. The summed E-state index contributed by atoms with van der Waals surface area (Å²) in [5.41, 5.74) is 1.37. The standard InChI is InChI=1S/C21H16N4O5S/c26-19-18(24-21(29)25-19)16-10-22-6-5-17(16)31-15-3-1-14(2-4-15)30-11-12-7-13(20(27)28)9-23-8-12/h1-10,18H,11H2,(H,27,28)(H2,24,25,26,29). The number of carbonyl (C=O) groups is 3. The number of nitrogens with one attached hydrogen (secondary N) is 2. The molecule has 3 N–H and O–H groups in total. The van der Waals surface area contributed by atoms with Gasteiger partial charge in [0.05, 0.1) is 5.56 Å². The molecule has 3 amide bonds. The van der Waals surface area contributed by atoms with Crippen molar-refractivity contribution < 1.29 is 24.2 Å². The van der Waals surface area contributed by atoms with E-state index in [2.05, 4.69) is 20.6 Å². The molecule has 3 aromatic rings. The van der Waals surface area contributed by atoms with Crippen LogP contribution in [0.25, 0.3) is 0 Å². The number of hydrogen-bond acceptors (Lipinski definition) is 7. The Labute approximate surface area is 180 Å². The molecule has 9 nitrogen and oxygen atoms in total. The molecule has 0 saturated carbocycles. The average molecular weight is 436 g/mol. The molecule has 4 rings (SSSR count). The van der Waals surface area contributed by atoms with Crippen LogP contribution in [0, 0.1) is 0 Å². The number of hydrogen-bond donors (Lipinski definition) is 3. The number of nitrogens with zero attached hydrogens (tertiary/aromatic N) is 2. The molecule has 0 bridgehead atoms. The molecule has 0 spiro atoms. The normalized spacial score (nSPS) is 15.3. The summed E-state index contributed by atoms with van der Waals surface area (Å²) in [6.07, 6.45) is 6.03. The van der Waals surface area contributed by atoms with E-state index in [0.717, 1.165) is 9.79 Å². The highest BCUT2D eigenvalue weighted by Gasteiger charge is 2.32. The zero-order valence-electron chi connectivity index (χ0n) is 15.9. The monoisotopic (exact) mass is 436 g/mol. The first kappa shape index (κ1) is 20.4. The van der Waals surface area contributed by atoms with Gasteiger partial charge in [0.25, 0.3) is 5.91 Å². The van der Waals surface area contributed by atoms with Crippen LogP contribution in [0.3, 0.4) is 0 Å². The SMILES string of the molecule is O=C1NC(=O)C(c2cnccc2Sc2ccc(OCc3cncc(C(=O)O)c3)cc2)N1. The number of ether oxygens (including phenoxy) is 1. The number of carboxylic acid groups (broad SMARTS) is 1. The Morgan fingerprint density at radius 1 is 1.10 bits per heavy atom. The van der Waals surface area contributed by atoms with Crippen molar-refractivity contribution in [3.05, 3.63) is 77.9 Å². The number of aromatic carboxylic acids is 1. The van der Waals surface area contributed by atoms with E-state index in [9.17, 15) is 14.4 Å². The van der Waals surface area contributed by atoms with Crippen LogP contribution in [-0.4, -0.2) is 33.0 Å². The second-order valence-electron chi connectivity index (χ2n) is 6.56. The summed E-state index contributed by atoms with van der Waals surface area (Å²) < 4.78 is 5.71. The lowest BCUT2D eigenvalue weighted by molar-refractivity contribution is -0.120. The van der Waals surface area contributed by atoms with E-state index in [-0.39, 0.29) is 12.2 Å². The van der Waals surface area contributed by atoms with Crippen molar-refractivity contribution in [2.24, 2.45) is 0 Å². The van der Waals surface area contributed by atoms with Gasteiger partial charge in [0, 0.05) is 45.7 Å². The summed E-state index contributed by atoms with van der Waals surface area (Å²) in [5, 5.41) is 13.8. The number of carboxylic acids is 1. The molecule has 1 aliphatic heterocycles. The van der Waals surface area contributed by atoms with Gasteiger partial charge in [0.1, 0.15) is 18.4 Å². The first-order chi connectivity index (χ1) is 15.0. The second-order valence-corrected chi connectivity index (χ2v) is 7.67. The Balaban J connectivity index is 1.43. The highest BCUT2D eigenvalue weighted by Crippen LogP contribution is 2.34. The van der Waals surface area contributed by atoms with Gasteiger partial charge in [0.15, 0.2) is 0 Å². The lowest BCUT2D eigenvalue weighted by atomic mass is 10.1. The van der Waals surface area contributed by atoms with Crippen LogP contribution in [-0.2, 0) is 11.4 Å². The molecule has 3 heterocycles. The third-order valence-electron chi connectivity index (χ3n) is 4.39. The van der Waals surface area contributed by atoms with E-state index < -0.39 is 23.9 Å². The van der Waals surface area contributed by atoms with Gasteiger partial charge < -0.3 is 15.2 Å². The topological polar surface area (TPSA) is 131 Å². The van der Waals surface area contributed by atoms with Gasteiger partial charge in [-0.1, -0.05) is 11.8 Å². The first-order valence-corrected chi connectivity index (χ1v) is 9.94. The van der Waals surface area contributed by atoms with E-state index in [4.69, 9.17) is 9.84 Å². The minimum atomic E-state index is -1.04. The van der Waals surface area contributed by atoms with E-state index in [1.165, 1.54) is 24.0 Å². The van der Waals surface area contributed by atoms with Gasteiger partial charge in [-0.2, -0.15) is 0 Å². The summed E-state index contributed by atoms with van der Waals surface area (Å²) in [4.78, 5) is 44.1. The summed E-state index contributed by atoms with van der Waals surface area (Å²) in [6.45, 7) is 0.186. The van der Waals surface area contributed by atoms with Crippen molar-refractivity contribution in [2.75, 3.05) is 0 Å². The third kappa shape index (κ3) is 4.81. The van der Waals surface area contributed by atoms with E-state index in [0.29, 0.717) is 16.9 Å². The van der Waals surface area contributed by atoms with Crippen LogP contribution in [0.4, 0.5) is 4.79 Å². The third-order valence-corrected chi connectivity index (χ3v) is 5.49. The minimum Gasteiger partial charge on any atom is -0.489 e. The Bertz CT molecular complexity index is 1150. The van der Waals surface area contributed by atoms with Crippen LogP contribution in [0.5, 0.6) is 5.75 Å². The quantitative estimate of drug-likeness (QED) is 0.482. The predicted octanol–water partition coefficient (Wildman–Crippen LogP) is 2.79. The smallest absolute Gasteiger partial charge is 0.337 e. The summed E-state index contributed by atoms with van der Waals surface area (Å²) in [6, 6.07) is 9.31. The largest absolute Gasteiger partial charge is 0.489 e. The van der Waals surface area contributed by atoms with Gasteiger partial charge >= 0.3 is 12.0 Å². The molecule has 31 heavy (non-hydrogen) atoms. The van der Waals surface area contributed by atoms with Crippen LogP contribution < -0.4 is 15.4 Å². The Kier molecular flexibility index (Phi) is 5.80. The molecule has 0 aliphatic carbocycles. The molecule has 0 radical (unpaired) electrons. The van der Waals surface area contributed by atoms with Crippen molar-refractivity contribution in [1.82, 2.24) is 20.6 Å². The maximum atomic E-state index is 12.0. The number of benzene rings is 1. The van der Waals surface area contributed by atoms with Crippen molar-refractivity contribution in [1.29, 1.82) is 0 Å². The van der Waals surface area contributed by atoms with Crippen LogP contribution in [0.15, 0.2) is 71.0 Å². The first-order valence-electron chi connectivity index (χ1n) is 9.13. The molecule has 1 atom stereocenters. The van der Waals surface area contributed by atoms with E-state index in [1.54, 1.807) is 36.8 Å². The number of aromatic nitrogens is 2. The highest BCUT2D eigenvalue weighted by molar-refractivity contribution is 7.99. The molecule has 10 heteroatoms. The summed E-state index contributed by atoms with van der Waals surface area (Å²) >= 11 is 1.43. The molecular formula is C21H16N4O5S.